The molecule has 6 rings (SSSR count). The number of nitrogens with zero attached hydrogens (tertiary/aromatic N) is 3. The van der Waals surface area contributed by atoms with Gasteiger partial charge >= 0.3 is 5.97 Å². The van der Waals surface area contributed by atoms with Crippen LogP contribution in [0.5, 0.6) is 11.5 Å². The molecule has 2 N–H and O–H groups in total. The van der Waals surface area contributed by atoms with Crippen molar-refractivity contribution < 1.29 is 29.0 Å². The van der Waals surface area contributed by atoms with Crippen LogP contribution in [0.4, 0.5) is 0 Å². The van der Waals surface area contributed by atoms with Crippen molar-refractivity contribution >= 4 is 40.0 Å². The summed E-state index contributed by atoms with van der Waals surface area (Å²) in [4.78, 5) is 50.8. The monoisotopic (exact) mass is 604 g/mol. The zero-order chi connectivity index (χ0) is 30.3. The van der Waals surface area contributed by atoms with Crippen LogP contribution in [-0.2, 0) is 14.4 Å². The van der Waals surface area contributed by atoms with E-state index in [0.29, 0.717) is 36.6 Å². The molecule has 2 aromatic heterocycles. The van der Waals surface area contributed by atoms with Crippen molar-refractivity contribution in [2.24, 2.45) is 17.8 Å². The number of pyridine rings is 1. The Morgan fingerprint density at radius 1 is 1.19 bits per heavy atom. The SMILES string of the molecule is COc1ccc2c(OC3CC4C(=O)N(C)CCCC/C=C\C5C[C@@]5(C(=O)O)NC(=O)[C@@H]4C3)cc(-c3nccs3)nc2c1C. The number of benzene rings is 1. The number of methoxy groups -OCH3 is 1. The largest absolute Gasteiger partial charge is 0.496 e. The third-order valence-electron chi connectivity index (χ3n) is 9.09. The first-order valence-corrected chi connectivity index (χ1v) is 15.6. The minimum Gasteiger partial charge on any atom is -0.496 e. The van der Waals surface area contributed by atoms with Gasteiger partial charge in [0.05, 0.1) is 24.5 Å². The highest BCUT2D eigenvalue weighted by molar-refractivity contribution is 7.13. The van der Waals surface area contributed by atoms with Crippen LogP contribution in [0, 0.1) is 24.7 Å². The quantitative estimate of drug-likeness (QED) is 0.404. The Labute approximate surface area is 254 Å². The summed E-state index contributed by atoms with van der Waals surface area (Å²) in [6.07, 6.45) is 8.70. The van der Waals surface area contributed by atoms with E-state index in [1.165, 1.54) is 11.3 Å². The van der Waals surface area contributed by atoms with E-state index >= 15 is 0 Å². The summed E-state index contributed by atoms with van der Waals surface area (Å²) in [5.41, 5.74) is 0.932. The Hall–Kier alpha value is -3.99. The van der Waals surface area contributed by atoms with E-state index < -0.39 is 35.4 Å². The van der Waals surface area contributed by atoms with Gasteiger partial charge in [-0.1, -0.05) is 12.2 Å². The number of aromatic nitrogens is 2. The van der Waals surface area contributed by atoms with Gasteiger partial charge in [0, 0.05) is 48.1 Å². The predicted octanol–water partition coefficient (Wildman–Crippen LogP) is 4.61. The minimum absolute atomic E-state index is 0.112. The first kappa shape index (κ1) is 29.1. The molecule has 226 valence electrons. The summed E-state index contributed by atoms with van der Waals surface area (Å²) in [7, 11) is 3.39. The Morgan fingerprint density at radius 3 is 2.74 bits per heavy atom. The van der Waals surface area contributed by atoms with E-state index in [1.54, 1.807) is 25.3 Å². The molecule has 3 aliphatic rings. The van der Waals surface area contributed by atoms with E-state index in [1.807, 2.05) is 42.7 Å². The number of aryl methyl sites for hydroxylation is 1. The van der Waals surface area contributed by atoms with Gasteiger partial charge in [-0.25, -0.2) is 14.8 Å². The highest BCUT2D eigenvalue weighted by atomic mass is 32.1. The molecule has 0 saturated heterocycles. The predicted molar refractivity (Wildman–Crippen MR) is 162 cm³/mol. The van der Waals surface area contributed by atoms with Crippen LogP contribution in [0.2, 0.25) is 0 Å². The molecule has 1 aromatic carbocycles. The number of carboxylic acids is 1. The van der Waals surface area contributed by atoms with Crippen molar-refractivity contribution in [1.82, 2.24) is 20.2 Å². The fourth-order valence-corrected chi connectivity index (χ4v) is 7.13. The van der Waals surface area contributed by atoms with Crippen LogP contribution >= 0.6 is 11.3 Å². The molecule has 0 bridgehead atoms. The van der Waals surface area contributed by atoms with Gasteiger partial charge in [-0.05, 0) is 57.6 Å². The van der Waals surface area contributed by atoms with Crippen molar-refractivity contribution in [2.75, 3.05) is 20.7 Å². The number of nitrogens with one attached hydrogen (secondary N) is 1. The molecule has 2 amide bonds. The number of carboxylic acid groups (broad SMARTS) is 1. The lowest BCUT2D eigenvalue weighted by molar-refractivity contribution is -0.145. The maximum absolute atomic E-state index is 13.7. The summed E-state index contributed by atoms with van der Waals surface area (Å²) in [5.74, 6) is -1.85. The van der Waals surface area contributed by atoms with Crippen LogP contribution in [0.3, 0.4) is 0 Å². The second-order valence-corrected chi connectivity index (χ2v) is 12.7. The van der Waals surface area contributed by atoms with Crippen molar-refractivity contribution in [3.63, 3.8) is 0 Å². The normalized spacial score (nSPS) is 28.4. The lowest BCUT2D eigenvalue weighted by Gasteiger charge is -2.26. The number of ether oxygens (including phenoxy) is 2. The lowest BCUT2D eigenvalue weighted by Crippen LogP contribution is -2.49. The second-order valence-electron chi connectivity index (χ2n) is 11.8. The van der Waals surface area contributed by atoms with E-state index in [2.05, 4.69) is 10.3 Å². The number of carbonyl (C=O) groups is 3. The van der Waals surface area contributed by atoms with Crippen molar-refractivity contribution in [3.8, 4) is 22.2 Å². The van der Waals surface area contributed by atoms with Gasteiger partial charge in [0.2, 0.25) is 11.8 Å². The lowest BCUT2D eigenvalue weighted by atomic mass is 9.93. The van der Waals surface area contributed by atoms with Crippen LogP contribution in [-0.4, -0.2) is 70.1 Å². The molecule has 10 nitrogen and oxygen atoms in total. The summed E-state index contributed by atoms with van der Waals surface area (Å²) in [6.45, 7) is 2.54. The average molecular weight is 605 g/mol. The molecular formula is C32H36N4O6S. The van der Waals surface area contributed by atoms with Crippen LogP contribution in [0.1, 0.15) is 44.1 Å². The van der Waals surface area contributed by atoms with Gasteiger partial charge in [0.25, 0.3) is 0 Å². The molecule has 2 fully saturated rings. The van der Waals surface area contributed by atoms with E-state index in [0.717, 1.165) is 40.7 Å². The van der Waals surface area contributed by atoms with Gasteiger partial charge in [-0.15, -0.1) is 11.3 Å². The third-order valence-corrected chi connectivity index (χ3v) is 9.88. The number of thiazole rings is 1. The number of aliphatic carboxylic acids is 1. The smallest absolute Gasteiger partial charge is 0.330 e. The first-order chi connectivity index (χ1) is 20.7. The number of rotatable bonds is 5. The van der Waals surface area contributed by atoms with Gasteiger partial charge in [0.1, 0.15) is 33.8 Å². The van der Waals surface area contributed by atoms with Gasteiger partial charge in [0.15, 0.2) is 0 Å². The highest BCUT2D eigenvalue weighted by Gasteiger charge is 2.61. The molecule has 2 aliphatic carbocycles. The Balaban J connectivity index is 1.34. The molecule has 43 heavy (non-hydrogen) atoms. The van der Waals surface area contributed by atoms with Crippen LogP contribution in [0.25, 0.3) is 21.6 Å². The summed E-state index contributed by atoms with van der Waals surface area (Å²) in [6, 6.07) is 5.64. The highest BCUT2D eigenvalue weighted by Crippen LogP contribution is 2.47. The molecule has 3 heterocycles. The molecular weight excluding hydrogens is 568 g/mol. The first-order valence-electron chi connectivity index (χ1n) is 14.7. The number of hydrogen-bond acceptors (Lipinski definition) is 8. The second kappa shape index (κ2) is 11.6. The number of carbonyl (C=O) groups excluding carboxylic acids is 2. The van der Waals surface area contributed by atoms with E-state index in [9.17, 15) is 19.5 Å². The topological polar surface area (TPSA) is 131 Å². The fourth-order valence-electron chi connectivity index (χ4n) is 6.53. The third kappa shape index (κ3) is 5.46. The van der Waals surface area contributed by atoms with E-state index in [-0.39, 0.29) is 18.2 Å². The molecule has 2 saturated carbocycles. The van der Waals surface area contributed by atoms with Gasteiger partial charge in [-0.3, -0.25) is 9.59 Å². The zero-order valence-corrected chi connectivity index (χ0v) is 25.4. The Morgan fingerprint density at radius 2 is 2.00 bits per heavy atom. The molecule has 1 aliphatic heterocycles. The maximum atomic E-state index is 13.7. The van der Waals surface area contributed by atoms with Crippen LogP contribution < -0.4 is 14.8 Å². The van der Waals surface area contributed by atoms with Crippen LogP contribution in [0.15, 0.2) is 41.9 Å². The number of hydrogen-bond donors (Lipinski definition) is 2. The number of amides is 2. The molecule has 0 spiro atoms. The summed E-state index contributed by atoms with van der Waals surface area (Å²) in [5, 5.41) is 16.3. The maximum Gasteiger partial charge on any atom is 0.330 e. The Bertz CT molecular complexity index is 1590. The fraction of sp³-hybridized carbons (Fsp3) is 0.469. The van der Waals surface area contributed by atoms with E-state index in [4.69, 9.17) is 14.5 Å². The molecule has 3 aromatic rings. The average Bonchev–Trinajstić information content (AvgIpc) is 3.31. The molecule has 11 heteroatoms. The molecule has 0 radical (unpaired) electrons. The Kier molecular flexibility index (Phi) is 7.85. The standard InChI is InChI=1S/C32H36N4O6S/c1-18-25(41-3)10-9-21-26(16-24(34-27(18)21)29-33-11-13-43-29)42-20-14-22-23(15-20)30(38)36(2)12-7-5-4-6-8-19-17-32(19,31(39)40)35-28(22)37/h6,8-11,13,16,19-20,22-23H,4-5,7,12,14-15,17H2,1-3H3,(H,35,37)(H,39,40)/b8-6-/t19?,20?,22-,23?,32-/m1/s1. The molecule has 3 unspecified atom stereocenters. The van der Waals surface area contributed by atoms with Crippen molar-refractivity contribution in [2.45, 2.75) is 57.1 Å². The summed E-state index contributed by atoms with van der Waals surface area (Å²) < 4.78 is 12.2. The zero-order valence-electron chi connectivity index (χ0n) is 24.5. The molecule has 5 atom stereocenters. The summed E-state index contributed by atoms with van der Waals surface area (Å²) >= 11 is 1.47. The number of fused-ring (bicyclic) bond motifs is 3. The minimum atomic E-state index is -1.32. The van der Waals surface area contributed by atoms with Gasteiger partial charge < -0.3 is 24.8 Å². The van der Waals surface area contributed by atoms with Crippen molar-refractivity contribution in [3.05, 3.63) is 47.5 Å². The van der Waals surface area contributed by atoms with Gasteiger partial charge in [-0.2, -0.15) is 0 Å². The van der Waals surface area contributed by atoms with Crippen molar-refractivity contribution in [1.29, 1.82) is 0 Å². The number of allylic oxidation sites excluding steroid dienone is 1.